The Balaban J connectivity index is 2.11. The lowest BCUT2D eigenvalue weighted by Gasteiger charge is -2.22. The van der Waals surface area contributed by atoms with Crippen molar-refractivity contribution < 1.29 is 9.84 Å². The zero-order valence-electron chi connectivity index (χ0n) is 13.3. The molecule has 0 aliphatic carbocycles. The van der Waals surface area contributed by atoms with Crippen molar-refractivity contribution in [2.45, 2.75) is 46.3 Å². The first-order valence-corrected chi connectivity index (χ1v) is 7.52. The van der Waals surface area contributed by atoms with Crippen LogP contribution in [0.5, 0.6) is 5.75 Å². The molecular formula is C19H24O2. The number of rotatable bonds is 5. The highest BCUT2D eigenvalue weighted by Gasteiger charge is 2.19. The standard InChI is InChI=1S/C19H24O2/c1-5-16-9-11-17(12-10-16)19(20)15(4)21-18-8-6-7-13(2)14(18)3/h6-12,15,19-20H,5H2,1-4H3. The number of aliphatic hydroxyl groups is 1. The lowest BCUT2D eigenvalue weighted by molar-refractivity contribution is 0.0463. The van der Waals surface area contributed by atoms with Crippen LogP contribution < -0.4 is 4.74 Å². The Kier molecular flexibility index (Phi) is 5.03. The van der Waals surface area contributed by atoms with Gasteiger partial charge >= 0.3 is 0 Å². The molecule has 112 valence electrons. The van der Waals surface area contributed by atoms with Crippen LogP contribution in [0.2, 0.25) is 0 Å². The predicted octanol–water partition coefficient (Wildman–Crippen LogP) is 4.37. The van der Waals surface area contributed by atoms with Gasteiger partial charge in [0.2, 0.25) is 0 Å². The molecule has 0 aromatic heterocycles. The van der Waals surface area contributed by atoms with Crippen LogP contribution >= 0.6 is 0 Å². The molecule has 0 amide bonds. The van der Waals surface area contributed by atoms with Crippen molar-refractivity contribution in [2.75, 3.05) is 0 Å². The molecule has 0 saturated heterocycles. The molecule has 0 aliphatic rings. The Hall–Kier alpha value is -1.80. The topological polar surface area (TPSA) is 29.5 Å². The van der Waals surface area contributed by atoms with E-state index in [1.807, 2.05) is 38.1 Å². The van der Waals surface area contributed by atoms with Gasteiger partial charge in [0, 0.05) is 0 Å². The molecule has 2 nitrogen and oxygen atoms in total. The van der Waals surface area contributed by atoms with Crippen LogP contribution in [0.15, 0.2) is 42.5 Å². The van der Waals surface area contributed by atoms with Crippen LogP contribution in [-0.4, -0.2) is 11.2 Å². The van der Waals surface area contributed by atoms with Gasteiger partial charge < -0.3 is 9.84 Å². The Morgan fingerprint density at radius 1 is 1.05 bits per heavy atom. The summed E-state index contributed by atoms with van der Waals surface area (Å²) in [5.41, 5.74) is 4.48. The molecule has 0 fully saturated rings. The zero-order valence-corrected chi connectivity index (χ0v) is 13.3. The van der Waals surface area contributed by atoms with Crippen molar-refractivity contribution in [3.63, 3.8) is 0 Å². The summed E-state index contributed by atoms with van der Waals surface area (Å²) in [6.45, 7) is 8.13. The molecule has 0 radical (unpaired) electrons. The van der Waals surface area contributed by atoms with Crippen LogP contribution in [0.25, 0.3) is 0 Å². The van der Waals surface area contributed by atoms with Crippen LogP contribution in [0.4, 0.5) is 0 Å². The summed E-state index contributed by atoms with van der Waals surface area (Å²) in [7, 11) is 0. The molecule has 0 saturated carbocycles. The lowest BCUT2D eigenvalue weighted by atomic mass is 10.0. The van der Waals surface area contributed by atoms with E-state index in [2.05, 4.69) is 32.0 Å². The highest BCUT2D eigenvalue weighted by Crippen LogP contribution is 2.26. The average Bonchev–Trinajstić information content (AvgIpc) is 2.51. The van der Waals surface area contributed by atoms with Gasteiger partial charge in [-0.25, -0.2) is 0 Å². The fourth-order valence-electron chi connectivity index (χ4n) is 2.34. The van der Waals surface area contributed by atoms with Crippen LogP contribution in [0, 0.1) is 13.8 Å². The highest BCUT2D eigenvalue weighted by molar-refractivity contribution is 5.38. The minimum absolute atomic E-state index is 0.294. The van der Waals surface area contributed by atoms with E-state index in [4.69, 9.17) is 4.74 Å². The van der Waals surface area contributed by atoms with Gasteiger partial charge in [-0.3, -0.25) is 0 Å². The number of aliphatic hydroxyl groups excluding tert-OH is 1. The third kappa shape index (κ3) is 3.64. The molecule has 2 unspecified atom stereocenters. The van der Waals surface area contributed by atoms with Crippen molar-refractivity contribution in [3.05, 3.63) is 64.7 Å². The summed E-state index contributed by atoms with van der Waals surface area (Å²) in [5, 5.41) is 10.4. The van der Waals surface area contributed by atoms with Crippen molar-refractivity contribution in [3.8, 4) is 5.75 Å². The molecule has 2 aromatic carbocycles. The van der Waals surface area contributed by atoms with E-state index in [9.17, 15) is 5.11 Å². The molecule has 0 bridgehead atoms. The minimum atomic E-state index is -0.629. The second kappa shape index (κ2) is 6.77. The van der Waals surface area contributed by atoms with E-state index >= 15 is 0 Å². The second-order valence-electron chi connectivity index (χ2n) is 5.56. The van der Waals surface area contributed by atoms with Gasteiger partial charge in [0.25, 0.3) is 0 Å². The fraction of sp³-hybridized carbons (Fsp3) is 0.368. The Labute approximate surface area is 127 Å². The van der Waals surface area contributed by atoms with Gasteiger partial charge in [0.05, 0.1) is 0 Å². The van der Waals surface area contributed by atoms with Gasteiger partial charge in [0.1, 0.15) is 18.0 Å². The molecule has 0 aliphatic heterocycles. The first kappa shape index (κ1) is 15.6. The highest BCUT2D eigenvalue weighted by atomic mass is 16.5. The van der Waals surface area contributed by atoms with E-state index in [1.165, 1.54) is 11.1 Å². The molecule has 1 N–H and O–H groups in total. The summed E-state index contributed by atoms with van der Waals surface area (Å²) in [4.78, 5) is 0. The SMILES string of the molecule is CCc1ccc(C(O)C(C)Oc2cccc(C)c2C)cc1. The van der Waals surface area contributed by atoms with Crippen LogP contribution in [0.3, 0.4) is 0 Å². The van der Waals surface area contributed by atoms with Gasteiger partial charge in [-0.15, -0.1) is 0 Å². The summed E-state index contributed by atoms with van der Waals surface area (Å²) >= 11 is 0. The second-order valence-corrected chi connectivity index (χ2v) is 5.56. The maximum Gasteiger partial charge on any atom is 0.126 e. The molecule has 0 heterocycles. The molecule has 2 atom stereocenters. The summed E-state index contributed by atoms with van der Waals surface area (Å²) in [5.74, 6) is 0.840. The smallest absolute Gasteiger partial charge is 0.126 e. The van der Waals surface area contributed by atoms with E-state index in [-0.39, 0.29) is 6.10 Å². The monoisotopic (exact) mass is 284 g/mol. The molecule has 0 spiro atoms. The fourth-order valence-corrected chi connectivity index (χ4v) is 2.34. The van der Waals surface area contributed by atoms with Crippen LogP contribution in [0.1, 0.15) is 42.2 Å². The number of aryl methyl sites for hydroxylation is 2. The first-order chi connectivity index (χ1) is 10.0. The van der Waals surface area contributed by atoms with Gasteiger partial charge in [-0.1, -0.05) is 43.3 Å². The zero-order chi connectivity index (χ0) is 15.4. The van der Waals surface area contributed by atoms with E-state index < -0.39 is 6.10 Å². The van der Waals surface area contributed by atoms with E-state index in [0.29, 0.717) is 0 Å². The quantitative estimate of drug-likeness (QED) is 0.883. The number of benzene rings is 2. The van der Waals surface area contributed by atoms with Crippen molar-refractivity contribution >= 4 is 0 Å². The van der Waals surface area contributed by atoms with Gasteiger partial charge in [0.15, 0.2) is 0 Å². The molecule has 2 aromatic rings. The summed E-state index contributed by atoms with van der Waals surface area (Å²) in [6.07, 6.45) is 0.0825. The Morgan fingerprint density at radius 2 is 1.71 bits per heavy atom. The third-order valence-corrected chi connectivity index (χ3v) is 4.04. The Morgan fingerprint density at radius 3 is 2.33 bits per heavy atom. The average molecular weight is 284 g/mol. The maximum atomic E-state index is 10.4. The first-order valence-electron chi connectivity index (χ1n) is 7.52. The molecular weight excluding hydrogens is 260 g/mol. The maximum absolute atomic E-state index is 10.4. The van der Waals surface area contributed by atoms with Gasteiger partial charge in [-0.2, -0.15) is 0 Å². The van der Waals surface area contributed by atoms with Crippen molar-refractivity contribution in [1.82, 2.24) is 0 Å². The van der Waals surface area contributed by atoms with E-state index in [1.54, 1.807) is 0 Å². The lowest BCUT2D eigenvalue weighted by Crippen LogP contribution is -2.22. The van der Waals surface area contributed by atoms with Crippen LogP contribution in [-0.2, 0) is 6.42 Å². The minimum Gasteiger partial charge on any atom is -0.487 e. The van der Waals surface area contributed by atoms with Crippen molar-refractivity contribution in [2.24, 2.45) is 0 Å². The number of hydrogen-bond acceptors (Lipinski definition) is 2. The molecule has 2 rings (SSSR count). The third-order valence-electron chi connectivity index (χ3n) is 4.04. The predicted molar refractivity (Wildman–Crippen MR) is 86.8 cm³/mol. The normalized spacial score (nSPS) is 13.8. The summed E-state index contributed by atoms with van der Waals surface area (Å²) in [6, 6.07) is 14.1. The van der Waals surface area contributed by atoms with Crippen molar-refractivity contribution in [1.29, 1.82) is 0 Å². The molecule has 2 heteroatoms. The van der Waals surface area contributed by atoms with Gasteiger partial charge in [-0.05, 0) is 55.5 Å². The number of ether oxygens (including phenoxy) is 1. The number of hydrogen-bond donors (Lipinski definition) is 1. The Bertz CT molecular complexity index is 587. The molecule has 21 heavy (non-hydrogen) atoms. The summed E-state index contributed by atoms with van der Waals surface area (Å²) < 4.78 is 5.95. The van der Waals surface area contributed by atoms with E-state index in [0.717, 1.165) is 23.3 Å². The largest absolute Gasteiger partial charge is 0.487 e.